The fourth-order valence-corrected chi connectivity index (χ4v) is 3.18. The number of morpholine rings is 1. The van der Waals surface area contributed by atoms with Gasteiger partial charge in [0.05, 0.1) is 18.5 Å². The Morgan fingerprint density at radius 3 is 2.95 bits per heavy atom. The van der Waals surface area contributed by atoms with Crippen LogP contribution >= 0.6 is 23.4 Å². The van der Waals surface area contributed by atoms with E-state index in [0.717, 1.165) is 0 Å². The molecule has 0 saturated carbocycles. The van der Waals surface area contributed by atoms with E-state index in [0.29, 0.717) is 47.6 Å². The van der Waals surface area contributed by atoms with Crippen molar-refractivity contribution in [3.05, 3.63) is 23.2 Å². The molecule has 1 atom stereocenters. The van der Waals surface area contributed by atoms with Crippen LogP contribution in [0.2, 0.25) is 5.02 Å². The van der Waals surface area contributed by atoms with Crippen LogP contribution in [-0.2, 0) is 9.53 Å². The van der Waals surface area contributed by atoms with Gasteiger partial charge in [0, 0.05) is 18.1 Å². The van der Waals surface area contributed by atoms with Gasteiger partial charge in [0.1, 0.15) is 5.52 Å². The molecule has 2 heterocycles. The van der Waals surface area contributed by atoms with Crippen molar-refractivity contribution < 1.29 is 13.9 Å². The molecule has 3 rings (SSSR count). The number of halogens is 1. The first kappa shape index (κ1) is 14.7. The first-order valence-electron chi connectivity index (χ1n) is 6.73. The first-order chi connectivity index (χ1) is 10.1. The highest BCUT2D eigenvalue weighted by molar-refractivity contribution is 8.00. The summed E-state index contributed by atoms with van der Waals surface area (Å²) in [6.45, 7) is 4.36. The number of ether oxygens (including phenoxy) is 1. The first-order valence-corrected chi connectivity index (χ1v) is 7.98. The Morgan fingerprint density at radius 2 is 2.19 bits per heavy atom. The second kappa shape index (κ2) is 6.25. The van der Waals surface area contributed by atoms with E-state index in [4.69, 9.17) is 20.8 Å². The van der Waals surface area contributed by atoms with Crippen molar-refractivity contribution in [1.82, 2.24) is 9.88 Å². The van der Waals surface area contributed by atoms with Gasteiger partial charge in [-0.2, -0.15) is 0 Å². The summed E-state index contributed by atoms with van der Waals surface area (Å²) in [5, 5.41) is 0.859. The quantitative estimate of drug-likeness (QED) is 0.812. The van der Waals surface area contributed by atoms with Crippen molar-refractivity contribution in [1.29, 1.82) is 0 Å². The molecule has 1 aromatic heterocycles. The van der Waals surface area contributed by atoms with Crippen LogP contribution in [0, 0.1) is 0 Å². The van der Waals surface area contributed by atoms with E-state index in [-0.39, 0.29) is 11.2 Å². The van der Waals surface area contributed by atoms with Gasteiger partial charge in [-0.3, -0.25) is 4.79 Å². The average Bonchev–Trinajstić information content (AvgIpc) is 2.88. The third-order valence-electron chi connectivity index (χ3n) is 3.28. The molecule has 0 N–H and O–H groups in total. The maximum absolute atomic E-state index is 12.3. The lowest BCUT2D eigenvalue weighted by Crippen LogP contribution is -2.44. The van der Waals surface area contributed by atoms with Crippen LogP contribution in [0.5, 0.6) is 0 Å². The summed E-state index contributed by atoms with van der Waals surface area (Å²) in [5.74, 6) is 0.0867. The van der Waals surface area contributed by atoms with Crippen LogP contribution in [0.1, 0.15) is 6.92 Å². The Hall–Kier alpha value is -1.24. The molecule has 1 fully saturated rings. The molecule has 1 aromatic carbocycles. The van der Waals surface area contributed by atoms with Gasteiger partial charge in [0.25, 0.3) is 5.22 Å². The topological polar surface area (TPSA) is 55.6 Å². The summed E-state index contributed by atoms with van der Waals surface area (Å²) >= 11 is 7.25. The normalized spacial score (nSPS) is 17.1. The minimum Gasteiger partial charge on any atom is -0.431 e. The Bertz CT molecular complexity index is 655. The highest BCUT2D eigenvalue weighted by atomic mass is 35.5. The van der Waals surface area contributed by atoms with E-state index in [1.165, 1.54) is 11.8 Å². The minimum absolute atomic E-state index is 0.0867. The van der Waals surface area contributed by atoms with Crippen LogP contribution in [0.25, 0.3) is 11.1 Å². The smallest absolute Gasteiger partial charge is 0.257 e. The molecule has 0 unspecified atom stereocenters. The molecule has 1 amide bonds. The van der Waals surface area contributed by atoms with E-state index >= 15 is 0 Å². The standard InChI is InChI=1S/C14H15ClN2O3S/c1-9(13(18)17-4-6-19-7-5-17)21-14-16-11-8-10(15)2-3-12(11)20-14/h2-3,8-9H,4-7H2,1H3/t9-/m0/s1. The molecule has 0 spiro atoms. The number of thioether (sulfide) groups is 1. The molecular weight excluding hydrogens is 312 g/mol. The van der Waals surface area contributed by atoms with Crippen LogP contribution in [-0.4, -0.2) is 47.3 Å². The molecule has 7 heteroatoms. The average molecular weight is 327 g/mol. The Kier molecular flexibility index (Phi) is 4.37. The van der Waals surface area contributed by atoms with Gasteiger partial charge in [-0.15, -0.1) is 0 Å². The third kappa shape index (κ3) is 3.33. The molecule has 0 bridgehead atoms. The highest BCUT2D eigenvalue weighted by Crippen LogP contribution is 2.29. The van der Waals surface area contributed by atoms with Crippen molar-refractivity contribution in [2.45, 2.75) is 17.4 Å². The van der Waals surface area contributed by atoms with Crippen LogP contribution < -0.4 is 0 Å². The lowest BCUT2D eigenvalue weighted by Gasteiger charge is -2.28. The molecule has 0 radical (unpaired) electrons. The van der Waals surface area contributed by atoms with Crippen LogP contribution in [0.15, 0.2) is 27.8 Å². The number of benzene rings is 1. The van der Waals surface area contributed by atoms with E-state index in [9.17, 15) is 4.79 Å². The lowest BCUT2D eigenvalue weighted by atomic mass is 10.3. The zero-order chi connectivity index (χ0) is 14.8. The van der Waals surface area contributed by atoms with Crippen molar-refractivity contribution in [3.8, 4) is 0 Å². The van der Waals surface area contributed by atoms with E-state index < -0.39 is 0 Å². The SMILES string of the molecule is C[C@H](Sc1nc2cc(Cl)ccc2o1)C(=O)N1CCOCC1. The Morgan fingerprint density at radius 1 is 1.43 bits per heavy atom. The largest absolute Gasteiger partial charge is 0.431 e. The van der Waals surface area contributed by atoms with Gasteiger partial charge in [-0.1, -0.05) is 23.4 Å². The van der Waals surface area contributed by atoms with Gasteiger partial charge in [0.15, 0.2) is 5.58 Å². The number of aromatic nitrogens is 1. The van der Waals surface area contributed by atoms with Crippen LogP contribution in [0.3, 0.4) is 0 Å². The van der Waals surface area contributed by atoms with Gasteiger partial charge >= 0.3 is 0 Å². The lowest BCUT2D eigenvalue weighted by molar-refractivity contribution is -0.134. The van der Waals surface area contributed by atoms with Gasteiger partial charge in [0.2, 0.25) is 5.91 Å². The Balaban J connectivity index is 1.70. The van der Waals surface area contributed by atoms with E-state index in [1.807, 2.05) is 11.8 Å². The number of carbonyl (C=O) groups excluding carboxylic acids is 1. The molecule has 1 saturated heterocycles. The van der Waals surface area contributed by atoms with Gasteiger partial charge in [-0.25, -0.2) is 4.98 Å². The van der Waals surface area contributed by atoms with E-state index in [1.54, 1.807) is 18.2 Å². The van der Waals surface area contributed by atoms with Crippen molar-refractivity contribution in [2.75, 3.05) is 26.3 Å². The zero-order valence-corrected chi connectivity index (χ0v) is 13.1. The summed E-state index contributed by atoms with van der Waals surface area (Å²) in [6.07, 6.45) is 0. The number of hydrogen-bond donors (Lipinski definition) is 0. The predicted molar refractivity (Wildman–Crippen MR) is 81.7 cm³/mol. The molecule has 5 nitrogen and oxygen atoms in total. The van der Waals surface area contributed by atoms with Crippen molar-refractivity contribution >= 4 is 40.4 Å². The summed E-state index contributed by atoms with van der Waals surface area (Å²) in [6, 6.07) is 5.29. The minimum atomic E-state index is -0.244. The van der Waals surface area contributed by atoms with Crippen molar-refractivity contribution in [2.24, 2.45) is 0 Å². The van der Waals surface area contributed by atoms with E-state index in [2.05, 4.69) is 4.98 Å². The molecule has 2 aromatic rings. The molecule has 1 aliphatic heterocycles. The number of hydrogen-bond acceptors (Lipinski definition) is 5. The number of oxazole rings is 1. The Labute approximate surface area is 131 Å². The molecule has 112 valence electrons. The number of fused-ring (bicyclic) bond motifs is 1. The third-order valence-corrected chi connectivity index (χ3v) is 4.44. The maximum atomic E-state index is 12.3. The molecule has 1 aliphatic rings. The number of amides is 1. The fourth-order valence-electron chi connectivity index (χ4n) is 2.17. The number of rotatable bonds is 3. The van der Waals surface area contributed by atoms with Gasteiger partial charge < -0.3 is 14.1 Å². The zero-order valence-electron chi connectivity index (χ0n) is 11.5. The second-order valence-electron chi connectivity index (χ2n) is 4.79. The maximum Gasteiger partial charge on any atom is 0.257 e. The monoisotopic (exact) mass is 326 g/mol. The molecular formula is C14H15ClN2O3S. The molecule has 21 heavy (non-hydrogen) atoms. The summed E-state index contributed by atoms with van der Waals surface area (Å²) in [4.78, 5) is 18.5. The highest BCUT2D eigenvalue weighted by Gasteiger charge is 2.24. The van der Waals surface area contributed by atoms with Gasteiger partial charge in [-0.05, 0) is 25.1 Å². The molecule has 0 aliphatic carbocycles. The van der Waals surface area contributed by atoms with Crippen molar-refractivity contribution in [3.63, 3.8) is 0 Å². The number of carbonyl (C=O) groups is 1. The predicted octanol–water partition coefficient (Wildman–Crippen LogP) is 2.82. The summed E-state index contributed by atoms with van der Waals surface area (Å²) < 4.78 is 10.9. The second-order valence-corrected chi connectivity index (χ2v) is 6.52. The summed E-state index contributed by atoms with van der Waals surface area (Å²) in [5.41, 5.74) is 1.38. The van der Waals surface area contributed by atoms with Crippen LogP contribution in [0.4, 0.5) is 0 Å². The fraction of sp³-hybridized carbons (Fsp3) is 0.429. The summed E-state index contributed by atoms with van der Waals surface area (Å²) in [7, 11) is 0. The number of nitrogens with zero attached hydrogens (tertiary/aromatic N) is 2.